The van der Waals surface area contributed by atoms with Crippen LogP contribution in [0.4, 0.5) is 16.2 Å². The smallest absolute Gasteiger partial charge is 0.445 e. The van der Waals surface area contributed by atoms with E-state index < -0.39 is 53.9 Å². The van der Waals surface area contributed by atoms with Crippen molar-refractivity contribution in [3.63, 3.8) is 0 Å². The zero-order chi connectivity index (χ0) is 22.8. The van der Waals surface area contributed by atoms with Crippen molar-refractivity contribution < 1.29 is 36.0 Å². The van der Waals surface area contributed by atoms with Gasteiger partial charge in [0.1, 0.15) is 5.25 Å². The summed E-state index contributed by atoms with van der Waals surface area (Å²) in [7, 11) is -8.19. The summed E-state index contributed by atoms with van der Waals surface area (Å²) in [5, 5.41) is -3.44. The quantitative estimate of drug-likeness (QED) is 0.489. The fourth-order valence-corrected chi connectivity index (χ4v) is 6.85. The van der Waals surface area contributed by atoms with Crippen molar-refractivity contribution >= 4 is 48.4 Å². The molecule has 170 valence electrons. The molecular formula is C19H24N2O8S2. The van der Waals surface area contributed by atoms with Crippen molar-refractivity contribution in [2.75, 3.05) is 16.2 Å². The first-order chi connectivity index (χ1) is 14.6. The molecule has 1 saturated heterocycles. The van der Waals surface area contributed by atoms with Crippen LogP contribution in [0.5, 0.6) is 0 Å². The van der Waals surface area contributed by atoms with Crippen LogP contribution in [0, 0.1) is 0 Å². The molecule has 1 unspecified atom stereocenters. The minimum atomic E-state index is -4.41. The molecule has 1 N–H and O–H groups in total. The molecule has 12 heteroatoms. The molecule has 1 atom stereocenters. The number of nitrogens with zero attached hydrogens (tertiary/aromatic N) is 1. The van der Waals surface area contributed by atoms with Crippen LogP contribution < -0.4 is 9.62 Å². The average molecular weight is 473 g/mol. The number of hydrogen-bond acceptors (Lipinski definition) is 8. The summed E-state index contributed by atoms with van der Waals surface area (Å²) in [6, 6.07) is 5.12. The molecule has 0 radical (unpaired) electrons. The number of carbonyl (C=O) groups is 3. The molecule has 2 fully saturated rings. The van der Waals surface area contributed by atoms with Gasteiger partial charge in [0.2, 0.25) is 5.91 Å². The first kappa shape index (κ1) is 23.2. The molecule has 1 aliphatic carbocycles. The highest BCUT2D eigenvalue weighted by Gasteiger charge is 2.49. The van der Waals surface area contributed by atoms with Gasteiger partial charge in [-0.05, 0) is 44.0 Å². The van der Waals surface area contributed by atoms with Gasteiger partial charge in [-0.25, -0.2) is 18.1 Å². The molecule has 2 amide bonds. The Labute approximate surface area is 180 Å². The Hall–Kier alpha value is -2.47. The van der Waals surface area contributed by atoms with E-state index >= 15 is 0 Å². The molecule has 10 nitrogen and oxygen atoms in total. The second kappa shape index (κ2) is 8.95. The molecular weight excluding hydrogens is 448 g/mol. The Balaban J connectivity index is 1.76. The van der Waals surface area contributed by atoms with Crippen LogP contribution in [0.3, 0.4) is 0 Å². The third-order valence-electron chi connectivity index (χ3n) is 5.38. The number of sulfonamides is 1. The summed E-state index contributed by atoms with van der Waals surface area (Å²) in [4.78, 5) is 37.6. The summed E-state index contributed by atoms with van der Waals surface area (Å²) in [6.45, 7) is 1.36. The summed E-state index contributed by atoms with van der Waals surface area (Å²) in [5.41, 5.74) is 0.137. The number of ether oxygens (including phenoxy) is 1. The number of amides is 2. The van der Waals surface area contributed by atoms with Crippen molar-refractivity contribution in [2.45, 2.75) is 55.9 Å². The lowest BCUT2D eigenvalue weighted by atomic mass is 10.0. The SMILES string of the molecule is CCOC(=O)S(=O)(=O)Nc1ccc(N2C(=O)CC(S(=O)(=O)C3CCCCC3)C2=O)cc1. The van der Waals surface area contributed by atoms with E-state index in [1.807, 2.05) is 4.72 Å². The fraction of sp³-hybridized carbons (Fsp3) is 0.526. The standard InChI is InChI=1S/C19H24N2O8S2/c1-2-29-19(24)31(27,28)20-13-8-10-14(11-9-13)21-17(22)12-16(18(21)23)30(25,26)15-6-4-3-5-7-15/h8-11,15-16,20H,2-7,12H2,1H3. The second-order valence-corrected chi connectivity index (χ2v) is 11.4. The topological polar surface area (TPSA) is 144 Å². The van der Waals surface area contributed by atoms with Crippen molar-refractivity contribution in [2.24, 2.45) is 0 Å². The molecule has 1 heterocycles. The number of rotatable bonds is 6. The lowest BCUT2D eigenvalue weighted by Crippen LogP contribution is -2.40. The predicted octanol–water partition coefficient (Wildman–Crippen LogP) is 1.96. The Bertz CT molecular complexity index is 1070. The monoisotopic (exact) mass is 472 g/mol. The number of imide groups is 1. The Morgan fingerprint density at radius 3 is 2.26 bits per heavy atom. The number of anilines is 2. The first-order valence-electron chi connectivity index (χ1n) is 9.97. The van der Waals surface area contributed by atoms with E-state index in [9.17, 15) is 31.2 Å². The number of benzene rings is 1. The van der Waals surface area contributed by atoms with Crippen molar-refractivity contribution in [1.29, 1.82) is 0 Å². The van der Waals surface area contributed by atoms with E-state index in [0.29, 0.717) is 12.8 Å². The number of hydrogen-bond donors (Lipinski definition) is 1. The maximum absolute atomic E-state index is 12.9. The highest BCUT2D eigenvalue weighted by atomic mass is 32.2. The number of nitrogens with one attached hydrogen (secondary N) is 1. The van der Waals surface area contributed by atoms with E-state index in [1.165, 1.54) is 31.2 Å². The summed E-state index contributed by atoms with van der Waals surface area (Å²) < 4.78 is 56.1. The van der Waals surface area contributed by atoms with E-state index in [4.69, 9.17) is 0 Å². The maximum Gasteiger partial charge on any atom is 0.445 e. The molecule has 0 spiro atoms. The van der Waals surface area contributed by atoms with Crippen LogP contribution in [0.2, 0.25) is 0 Å². The number of carbonyl (C=O) groups excluding carboxylic acids is 3. The van der Waals surface area contributed by atoms with Gasteiger partial charge in [0, 0.05) is 5.69 Å². The van der Waals surface area contributed by atoms with Gasteiger partial charge in [-0.3, -0.25) is 14.3 Å². The summed E-state index contributed by atoms with van der Waals surface area (Å²) >= 11 is 0. The van der Waals surface area contributed by atoms with Gasteiger partial charge in [0.25, 0.3) is 5.91 Å². The van der Waals surface area contributed by atoms with E-state index in [2.05, 4.69) is 4.74 Å². The fourth-order valence-electron chi connectivity index (χ4n) is 3.83. The zero-order valence-corrected chi connectivity index (χ0v) is 18.6. The highest BCUT2D eigenvalue weighted by molar-refractivity contribution is 8.06. The Morgan fingerprint density at radius 1 is 1.06 bits per heavy atom. The van der Waals surface area contributed by atoms with Gasteiger partial charge >= 0.3 is 15.3 Å². The van der Waals surface area contributed by atoms with Crippen molar-refractivity contribution in [3.8, 4) is 0 Å². The predicted molar refractivity (Wildman–Crippen MR) is 113 cm³/mol. The Morgan fingerprint density at radius 2 is 1.68 bits per heavy atom. The third kappa shape index (κ3) is 4.74. The molecule has 0 bridgehead atoms. The van der Waals surface area contributed by atoms with Crippen LogP contribution in [-0.4, -0.2) is 51.1 Å². The van der Waals surface area contributed by atoms with Gasteiger partial charge < -0.3 is 4.74 Å². The minimum Gasteiger partial charge on any atom is -0.453 e. The number of sulfone groups is 1. The van der Waals surface area contributed by atoms with E-state index in [1.54, 1.807) is 0 Å². The average Bonchev–Trinajstić information content (AvgIpc) is 3.04. The lowest BCUT2D eigenvalue weighted by molar-refractivity contribution is -0.121. The molecule has 1 aromatic carbocycles. The van der Waals surface area contributed by atoms with Crippen LogP contribution in [0.1, 0.15) is 45.4 Å². The molecule has 1 aliphatic heterocycles. The zero-order valence-electron chi connectivity index (χ0n) is 16.9. The summed E-state index contributed by atoms with van der Waals surface area (Å²) in [5.74, 6) is -1.43. The van der Waals surface area contributed by atoms with Crippen molar-refractivity contribution in [3.05, 3.63) is 24.3 Å². The highest BCUT2D eigenvalue weighted by Crippen LogP contribution is 2.33. The van der Waals surface area contributed by atoms with Gasteiger partial charge in [0.15, 0.2) is 9.84 Å². The van der Waals surface area contributed by atoms with Crippen LogP contribution in [0.15, 0.2) is 24.3 Å². The van der Waals surface area contributed by atoms with Crippen LogP contribution in [-0.2, 0) is 34.2 Å². The maximum atomic E-state index is 12.9. The largest absolute Gasteiger partial charge is 0.453 e. The normalized spacial score (nSPS) is 20.7. The third-order valence-corrected chi connectivity index (χ3v) is 9.00. The van der Waals surface area contributed by atoms with Crippen LogP contribution >= 0.6 is 0 Å². The molecule has 31 heavy (non-hydrogen) atoms. The van der Waals surface area contributed by atoms with Gasteiger partial charge in [-0.2, -0.15) is 8.42 Å². The molecule has 1 aromatic rings. The Kier molecular flexibility index (Phi) is 6.70. The first-order valence-corrected chi connectivity index (χ1v) is 13.1. The van der Waals surface area contributed by atoms with Gasteiger partial charge in [-0.1, -0.05) is 19.3 Å². The molecule has 2 aliphatic rings. The minimum absolute atomic E-state index is 0.0160. The molecule has 3 rings (SSSR count). The molecule has 1 saturated carbocycles. The van der Waals surface area contributed by atoms with Crippen molar-refractivity contribution in [1.82, 2.24) is 0 Å². The lowest BCUT2D eigenvalue weighted by Gasteiger charge is -2.24. The summed E-state index contributed by atoms with van der Waals surface area (Å²) in [6.07, 6.45) is 3.11. The van der Waals surface area contributed by atoms with Gasteiger partial charge in [-0.15, -0.1) is 0 Å². The van der Waals surface area contributed by atoms with Crippen LogP contribution in [0.25, 0.3) is 0 Å². The van der Waals surface area contributed by atoms with E-state index in [0.717, 1.165) is 24.2 Å². The van der Waals surface area contributed by atoms with E-state index in [-0.39, 0.29) is 18.0 Å². The molecule has 0 aromatic heterocycles. The second-order valence-electron chi connectivity index (χ2n) is 7.44. The van der Waals surface area contributed by atoms with Gasteiger partial charge in [0.05, 0.1) is 24.0 Å².